The van der Waals surface area contributed by atoms with Gasteiger partial charge in [-0.3, -0.25) is 0 Å². The van der Waals surface area contributed by atoms with Crippen molar-refractivity contribution in [1.82, 2.24) is 5.32 Å². The summed E-state index contributed by atoms with van der Waals surface area (Å²) in [6.07, 6.45) is 1.44. The first-order chi connectivity index (χ1) is 2.89. The fourth-order valence-corrected chi connectivity index (χ4v) is 0.554. The number of hydrogen-bond acceptors (Lipinski definition) is 2. The molecule has 1 radical (unpaired) electrons. The molecule has 1 rings (SSSR count). The lowest BCUT2D eigenvalue weighted by Gasteiger charge is -1.88. The summed E-state index contributed by atoms with van der Waals surface area (Å²) in [6.45, 7) is 1.66. The van der Waals surface area contributed by atoms with Crippen LogP contribution in [0, 0.1) is 6.10 Å². The maximum atomic E-state index is 8.58. The SMILES string of the molecule is O[C]1CCNC1. The van der Waals surface area contributed by atoms with Gasteiger partial charge in [0, 0.05) is 6.54 Å². The fraction of sp³-hybridized carbons (Fsp3) is 0.750. The van der Waals surface area contributed by atoms with Gasteiger partial charge in [0.05, 0.1) is 0 Å². The van der Waals surface area contributed by atoms with Gasteiger partial charge in [-0.2, -0.15) is 0 Å². The molecular weight excluding hydrogens is 78.0 g/mol. The van der Waals surface area contributed by atoms with Crippen LogP contribution in [0.15, 0.2) is 0 Å². The second kappa shape index (κ2) is 1.58. The van der Waals surface area contributed by atoms with Crippen molar-refractivity contribution in [2.75, 3.05) is 13.1 Å². The Hall–Kier alpha value is -0.0800. The van der Waals surface area contributed by atoms with Crippen LogP contribution in [0.5, 0.6) is 0 Å². The van der Waals surface area contributed by atoms with Crippen LogP contribution in [-0.2, 0) is 0 Å². The largest absolute Gasteiger partial charge is 0.385 e. The highest BCUT2D eigenvalue weighted by atomic mass is 16.3. The van der Waals surface area contributed by atoms with Gasteiger partial charge in [0.2, 0.25) is 0 Å². The number of aliphatic hydroxyl groups excluding tert-OH is 1. The third kappa shape index (κ3) is 0.698. The lowest BCUT2D eigenvalue weighted by molar-refractivity contribution is 0.307. The normalized spacial score (nSPS) is 25.5. The monoisotopic (exact) mass is 86.1 g/mol. The zero-order valence-electron chi connectivity index (χ0n) is 3.57. The molecule has 1 aliphatic rings. The van der Waals surface area contributed by atoms with E-state index in [9.17, 15) is 0 Å². The zero-order chi connectivity index (χ0) is 4.41. The lowest BCUT2D eigenvalue weighted by atomic mass is 10.3. The van der Waals surface area contributed by atoms with Crippen molar-refractivity contribution in [3.8, 4) is 0 Å². The minimum atomic E-state index is 0.593. The van der Waals surface area contributed by atoms with Gasteiger partial charge in [0.1, 0.15) is 6.10 Å². The molecule has 0 bridgehead atoms. The highest BCUT2D eigenvalue weighted by molar-refractivity contribution is 4.85. The first-order valence-corrected chi connectivity index (χ1v) is 2.14. The summed E-state index contributed by atoms with van der Waals surface area (Å²) in [6, 6.07) is 0. The molecule has 35 valence electrons. The molecule has 2 heteroatoms. The van der Waals surface area contributed by atoms with Gasteiger partial charge >= 0.3 is 0 Å². The molecule has 1 aliphatic heterocycles. The molecule has 2 nitrogen and oxygen atoms in total. The second-order valence-electron chi connectivity index (χ2n) is 1.49. The molecule has 1 fully saturated rings. The van der Waals surface area contributed by atoms with Gasteiger partial charge in [-0.05, 0) is 13.0 Å². The number of hydrogen-bond donors (Lipinski definition) is 2. The smallest absolute Gasteiger partial charge is 0.108 e. The van der Waals surface area contributed by atoms with Gasteiger partial charge in [-0.25, -0.2) is 0 Å². The molecule has 0 unspecified atom stereocenters. The quantitative estimate of drug-likeness (QED) is 0.431. The predicted octanol–water partition coefficient (Wildman–Crippen LogP) is -0.116. The van der Waals surface area contributed by atoms with Crippen LogP contribution in [0.1, 0.15) is 6.42 Å². The average molecular weight is 86.1 g/mol. The van der Waals surface area contributed by atoms with Crippen LogP contribution < -0.4 is 5.32 Å². The third-order valence-electron chi connectivity index (χ3n) is 0.919. The number of rotatable bonds is 0. The van der Waals surface area contributed by atoms with E-state index in [4.69, 9.17) is 5.11 Å². The molecule has 0 amide bonds. The zero-order valence-corrected chi connectivity index (χ0v) is 3.57. The highest BCUT2D eigenvalue weighted by Gasteiger charge is 2.09. The van der Waals surface area contributed by atoms with Gasteiger partial charge in [0.25, 0.3) is 0 Å². The van der Waals surface area contributed by atoms with Crippen LogP contribution in [0.2, 0.25) is 0 Å². The Labute approximate surface area is 37.2 Å². The summed E-state index contributed by atoms with van der Waals surface area (Å²) in [4.78, 5) is 0. The highest BCUT2D eigenvalue weighted by Crippen LogP contribution is 2.02. The Balaban J connectivity index is 2.18. The van der Waals surface area contributed by atoms with Crippen molar-refractivity contribution in [2.45, 2.75) is 6.42 Å². The first kappa shape index (κ1) is 4.09. The van der Waals surface area contributed by atoms with Crippen molar-refractivity contribution in [2.24, 2.45) is 0 Å². The molecule has 0 aliphatic carbocycles. The topological polar surface area (TPSA) is 32.3 Å². The Morgan fingerprint density at radius 2 is 2.50 bits per heavy atom. The van der Waals surface area contributed by atoms with Gasteiger partial charge < -0.3 is 10.4 Å². The minimum Gasteiger partial charge on any atom is -0.385 e. The predicted molar refractivity (Wildman–Crippen MR) is 22.7 cm³/mol. The van der Waals surface area contributed by atoms with E-state index in [1.165, 1.54) is 0 Å². The van der Waals surface area contributed by atoms with E-state index in [1.807, 2.05) is 0 Å². The Bertz CT molecular complexity index is 40.8. The Morgan fingerprint density at radius 1 is 1.67 bits per heavy atom. The van der Waals surface area contributed by atoms with E-state index in [1.54, 1.807) is 0 Å². The first-order valence-electron chi connectivity index (χ1n) is 2.14. The summed E-state index contributed by atoms with van der Waals surface area (Å²) in [5.74, 6) is 0. The molecule has 0 aromatic carbocycles. The summed E-state index contributed by atoms with van der Waals surface area (Å²) in [5.41, 5.74) is 0. The van der Waals surface area contributed by atoms with E-state index in [0.29, 0.717) is 12.6 Å². The molecule has 0 atom stereocenters. The van der Waals surface area contributed by atoms with E-state index in [-0.39, 0.29) is 0 Å². The average Bonchev–Trinajstić information content (AvgIpc) is 1.86. The van der Waals surface area contributed by atoms with Gasteiger partial charge in [-0.15, -0.1) is 0 Å². The maximum absolute atomic E-state index is 8.58. The van der Waals surface area contributed by atoms with E-state index >= 15 is 0 Å². The molecule has 6 heavy (non-hydrogen) atoms. The van der Waals surface area contributed by atoms with Crippen LogP contribution in [0.25, 0.3) is 0 Å². The lowest BCUT2D eigenvalue weighted by Crippen LogP contribution is -2.06. The Morgan fingerprint density at radius 3 is 2.67 bits per heavy atom. The van der Waals surface area contributed by atoms with Gasteiger partial charge in [-0.1, -0.05) is 0 Å². The summed E-state index contributed by atoms with van der Waals surface area (Å²) in [5, 5.41) is 11.6. The van der Waals surface area contributed by atoms with Crippen LogP contribution in [0.3, 0.4) is 0 Å². The standard InChI is InChI=1S/C4H8NO/c6-4-1-2-5-3-4/h5-6H,1-3H2. The van der Waals surface area contributed by atoms with Crippen molar-refractivity contribution in [1.29, 1.82) is 0 Å². The van der Waals surface area contributed by atoms with Crippen molar-refractivity contribution >= 4 is 0 Å². The van der Waals surface area contributed by atoms with E-state index in [2.05, 4.69) is 5.32 Å². The number of aliphatic hydroxyl groups is 1. The molecule has 0 aromatic rings. The minimum absolute atomic E-state index is 0.593. The van der Waals surface area contributed by atoms with E-state index in [0.717, 1.165) is 13.0 Å². The van der Waals surface area contributed by atoms with Crippen molar-refractivity contribution in [3.05, 3.63) is 6.10 Å². The third-order valence-corrected chi connectivity index (χ3v) is 0.919. The molecule has 2 N–H and O–H groups in total. The van der Waals surface area contributed by atoms with Crippen LogP contribution in [-0.4, -0.2) is 18.2 Å². The van der Waals surface area contributed by atoms with Crippen molar-refractivity contribution < 1.29 is 5.11 Å². The summed E-state index contributed by atoms with van der Waals surface area (Å²) < 4.78 is 0. The molecule has 1 saturated heterocycles. The fourth-order valence-electron chi connectivity index (χ4n) is 0.554. The molecule has 0 spiro atoms. The molecular formula is C4H8NO. The molecule has 0 saturated carbocycles. The van der Waals surface area contributed by atoms with Crippen molar-refractivity contribution in [3.63, 3.8) is 0 Å². The number of nitrogens with one attached hydrogen (secondary N) is 1. The Kier molecular flexibility index (Phi) is 1.08. The summed E-state index contributed by atoms with van der Waals surface area (Å²) in [7, 11) is 0. The second-order valence-corrected chi connectivity index (χ2v) is 1.49. The molecule has 0 aromatic heterocycles. The molecule has 1 heterocycles. The maximum Gasteiger partial charge on any atom is 0.108 e. The van der Waals surface area contributed by atoms with Crippen LogP contribution in [0.4, 0.5) is 0 Å². The van der Waals surface area contributed by atoms with Gasteiger partial charge in [0.15, 0.2) is 0 Å². The van der Waals surface area contributed by atoms with Crippen LogP contribution >= 0.6 is 0 Å². The van der Waals surface area contributed by atoms with E-state index < -0.39 is 0 Å². The summed E-state index contributed by atoms with van der Waals surface area (Å²) >= 11 is 0.